The average molecular weight is 385 g/mol. The summed E-state index contributed by atoms with van der Waals surface area (Å²) < 4.78 is 10.1. The van der Waals surface area contributed by atoms with E-state index in [-0.39, 0.29) is 24.9 Å². The maximum absolute atomic E-state index is 12.2. The van der Waals surface area contributed by atoms with Crippen LogP contribution in [0, 0.1) is 0 Å². The number of anilines is 1. The smallest absolute Gasteiger partial charge is 0.251 e. The van der Waals surface area contributed by atoms with Crippen molar-refractivity contribution in [1.29, 1.82) is 0 Å². The molecule has 0 spiro atoms. The summed E-state index contributed by atoms with van der Waals surface area (Å²) in [6, 6.07) is 13.4. The molecule has 0 aliphatic rings. The molecular formula is C20H23N3O5. The summed E-state index contributed by atoms with van der Waals surface area (Å²) in [5.41, 5.74) is 0.977. The zero-order valence-electron chi connectivity index (χ0n) is 16.0. The van der Waals surface area contributed by atoms with Gasteiger partial charge < -0.3 is 25.0 Å². The fourth-order valence-corrected chi connectivity index (χ4v) is 2.34. The topological polar surface area (TPSA) is 97.0 Å². The van der Waals surface area contributed by atoms with E-state index in [1.54, 1.807) is 55.6 Å². The SMILES string of the molecule is COc1ccc(NC(=O)CN(C)C(=O)CNC(=O)c2cccc(OC)c2)cc1. The van der Waals surface area contributed by atoms with Crippen LogP contribution in [0.3, 0.4) is 0 Å². The molecule has 8 nitrogen and oxygen atoms in total. The molecule has 148 valence electrons. The summed E-state index contributed by atoms with van der Waals surface area (Å²) >= 11 is 0. The quantitative estimate of drug-likeness (QED) is 0.718. The summed E-state index contributed by atoms with van der Waals surface area (Å²) in [6.07, 6.45) is 0. The van der Waals surface area contributed by atoms with Crippen LogP contribution in [0.2, 0.25) is 0 Å². The third-order valence-electron chi connectivity index (χ3n) is 3.91. The van der Waals surface area contributed by atoms with Crippen molar-refractivity contribution in [2.45, 2.75) is 0 Å². The Morgan fingerprint density at radius 1 is 0.964 bits per heavy atom. The molecule has 0 fully saturated rings. The number of benzene rings is 2. The maximum atomic E-state index is 12.2. The predicted octanol–water partition coefficient (Wildman–Crippen LogP) is 1.53. The van der Waals surface area contributed by atoms with Crippen molar-refractivity contribution in [3.8, 4) is 11.5 Å². The van der Waals surface area contributed by atoms with E-state index in [1.165, 1.54) is 19.1 Å². The second kappa shape index (κ2) is 9.96. The fraction of sp³-hybridized carbons (Fsp3) is 0.250. The number of likely N-dealkylation sites (N-methyl/N-ethyl adjacent to an activating group) is 1. The highest BCUT2D eigenvalue weighted by Gasteiger charge is 2.15. The molecule has 0 aliphatic heterocycles. The molecule has 0 aliphatic carbocycles. The minimum absolute atomic E-state index is 0.139. The first kappa shape index (κ1) is 20.8. The lowest BCUT2D eigenvalue weighted by atomic mass is 10.2. The van der Waals surface area contributed by atoms with E-state index in [1.807, 2.05) is 0 Å². The maximum Gasteiger partial charge on any atom is 0.251 e. The number of carbonyl (C=O) groups excluding carboxylic acids is 3. The number of amides is 3. The molecule has 0 atom stereocenters. The van der Waals surface area contributed by atoms with Crippen molar-refractivity contribution >= 4 is 23.4 Å². The Kier molecular flexibility index (Phi) is 7.38. The molecule has 8 heteroatoms. The van der Waals surface area contributed by atoms with E-state index in [0.29, 0.717) is 22.7 Å². The zero-order chi connectivity index (χ0) is 20.5. The predicted molar refractivity (Wildman–Crippen MR) is 105 cm³/mol. The first-order chi connectivity index (χ1) is 13.4. The van der Waals surface area contributed by atoms with Crippen LogP contribution in [-0.4, -0.2) is 57.0 Å². The van der Waals surface area contributed by atoms with E-state index in [9.17, 15) is 14.4 Å². The summed E-state index contributed by atoms with van der Waals surface area (Å²) in [5.74, 6) is 0.0907. The molecule has 2 aromatic carbocycles. The first-order valence-electron chi connectivity index (χ1n) is 8.53. The van der Waals surface area contributed by atoms with Gasteiger partial charge in [0.05, 0.1) is 27.3 Å². The molecule has 2 N–H and O–H groups in total. The molecule has 0 radical (unpaired) electrons. The van der Waals surface area contributed by atoms with Crippen LogP contribution < -0.4 is 20.1 Å². The lowest BCUT2D eigenvalue weighted by Crippen LogP contribution is -2.41. The Morgan fingerprint density at radius 2 is 1.64 bits per heavy atom. The summed E-state index contributed by atoms with van der Waals surface area (Å²) in [5, 5.41) is 5.23. The monoisotopic (exact) mass is 385 g/mol. The van der Waals surface area contributed by atoms with Gasteiger partial charge in [-0.05, 0) is 42.5 Å². The van der Waals surface area contributed by atoms with Crippen LogP contribution in [0.15, 0.2) is 48.5 Å². The second-order valence-electron chi connectivity index (χ2n) is 5.94. The van der Waals surface area contributed by atoms with Crippen molar-refractivity contribution in [1.82, 2.24) is 10.2 Å². The molecule has 0 heterocycles. The molecule has 28 heavy (non-hydrogen) atoms. The van der Waals surface area contributed by atoms with Gasteiger partial charge in [0, 0.05) is 18.3 Å². The Balaban J connectivity index is 1.81. The van der Waals surface area contributed by atoms with E-state index in [2.05, 4.69) is 10.6 Å². The number of nitrogens with one attached hydrogen (secondary N) is 2. The molecule has 3 amide bonds. The van der Waals surface area contributed by atoms with Crippen molar-refractivity contribution in [2.24, 2.45) is 0 Å². The van der Waals surface area contributed by atoms with Gasteiger partial charge >= 0.3 is 0 Å². The fourth-order valence-electron chi connectivity index (χ4n) is 2.34. The van der Waals surface area contributed by atoms with Crippen LogP contribution in [0.1, 0.15) is 10.4 Å². The van der Waals surface area contributed by atoms with Crippen LogP contribution in [0.25, 0.3) is 0 Å². The van der Waals surface area contributed by atoms with Gasteiger partial charge in [0.25, 0.3) is 5.91 Å². The molecular weight excluding hydrogens is 362 g/mol. The van der Waals surface area contributed by atoms with Crippen molar-refractivity contribution in [3.05, 3.63) is 54.1 Å². The minimum atomic E-state index is -0.400. The van der Waals surface area contributed by atoms with E-state index >= 15 is 0 Å². The van der Waals surface area contributed by atoms with Crippen molar-refractivity contribution in [3.63, 3.8) is 0 Å². The highest BCUT2D eigenvalue weighted by molar-refractivity contribution is 5.98. The van der Waals surface area contributed by atoms with Gasteiger partial charge in [-0.2, -0.15) is 0 Å². The van der Waals surface area contributed by atoms with Gasteiger partial charge in [-0.15, -0.1) is 0 Å². The van der Waals surface area contributed by atoms with Crippen LogP contribution in [0.5, 0.6) is 11.5 Å². The highest BCUT2D eigenvalue weighted by atomic mass is 16.5. The number of ether oxygens (including phenoxy) is 2. The van der Waals surface area contributed by atoms with Crippen molar-refractivity contribution in [2.75, 3.05) is 39.7 Å². The van der Waals surface area contributed by atoms with Gasteiger partial charge in [-0.3, -0.25) is 14.4 Å². The second-order valence-corrected chi connectivity index (χ2v) is 5.94. The normalized spacial score (nSPS) is 9.96. The minimum Gasteiger partial charge on any atom is -0.497 e. The zero-order valence-corrected chi connectivity index (χ0v) is 16.0. The lowest BCUT2D eigenvalue weighted by molar-refractivity contribution is -0.132. The largest absolute Gasteiger partial charge is 0.497 e. The van der Waals surface area contributed by atoms with E-state index in [4.69, 9.17) is 9.47 Å². The van der Waals surface area contributed by atoms with Gasteiger partial charge in [-0.1, -0.05) is 6.07 Å². The van der Waals surface area contributed by atoms with Crippen LogP contribution in [-0.2, 0) is 9.59 Å². The Bertz CT molecular complexity index is 836. The number of hydrogen-bond acceptors (Lipinski definition) is 5. The van der Waals surface area contributed by atoms with Gasteiger partial charge in [0.2, 0.25) is 11.8 Å². The number of methoxy groups -OCH3 is 2. The molecule has 2 aromatic rings. The highest BCUT2D eigenvalue weighted by Crippen LogP contribution is 2.15. The number of rotatable bonds is 8. The molecule has 2 rings (SSSR count). The third kappa shape index (κ3) is 6.01. The molecule has 0 aromatic heterocycles. The van der Waals surface area contributed by atoms with Gasteiger partial charge in [0.15, 0.2) is 0 Å². The summed E-state index contributed by atoms with van der Waals surface area (Å²) in [7, 11) is 4.56. The number of nitrogens with zero attached hydrogens (tertiary/aromatic N) is 1. The summed E-state index contributed by atoms with van der Waals surface area (Å²) in [4.78, 5) is 37.6. The third-order valence-corrected chi connectivity index (χ3v) is 3.91. The number of carbonyl (C=O) groups is 3. The van der Waals surface area contributed by atoms with Gasteiger partial charge in [-0.25, -0.2) is 0 Å². The lowest BCUT2D eigenvalue weighted by Gasteiger charge is -2.17. The first-order valence-corrected chi connectivity index (χ1v) is 8.53. The molecule has 0 bridgehead atoms. The van der Waals surface area contributed by atoms with Gasteiger partial charge in [0.1, 0.15) is 11.5 Å². The summed E-state index contributed by atoms with van der Waals surface area (Å²) in [6.45, 7) is -0.359. The van der Waals surface area contributed by atoms with E-state index in [0.717, 1.165) is 0 Å². The Labute approximate surface area is 163 Å². The van der Waals surface area contributed by atoms with Crippen molar-refractivity contribution < 1.29 is 23.9 Å². The van der Waals surface area contributed by atoms with E-state index < -0.39 is 5.91 Å². The Hall–Kier alpha value is -3.55. The Morgan fingerprint density at radius 3 is 2.29 bits per heavy atom. The molecule has 0 unspecified atom stereocenters. The molecule has 0 saturated carbocycles. The average Bonchev–Trinajstić information content (AvgIpc) is 2.72. The van der Waals surface area contributed by atoms with Crippen LogP contribution >= 0.6 is 0 Å². The number of hydrogen-bond donors (Lipinski definition) is 2. The van der Waals surface area contributed by atoms with Crippen LogP contribution in [0.4, 0.5) is 5.69 Å². The standard InChI is InChI=1S/C20H23N3O5/c1-23(13-18(24)22-15-7-9-16(27-2)10-8-15)19(25)12-21-20(26)14-5-4-6-17(11-14)28-3/h4-11H,12-13H2,1-3H3,(H,21,26)(H,22,24). The molecule has 0 saturated heterocycles.